The van der Waals surface area contributed by atoms with E-state index in [2.05, 4.69) is 25.1 Å². The Labute approximate surface area is 195 Å². The van der Waals surface area contributed by atoms with Crippen molar-refractivity contribution in [1.82, 2.24) is 0 Å². The topological polar surface area (TPSA) is 136 Å². The lowest BCUT2D eigenvalue weighted by atomic mass is 10.1. The van der Waals surface area contributed by atoms with Gasteiger partial charge in [0.15, 0.2) is 0 Å². The molecule has 0 unspecified atom stereocenters. The van der Waals surface area contributed by atoms with Crippen LogP contribution >= 0.6 is 0 Å². The minimum Gasteiger partial charge on any atom is -0.244 e. The van der Waals surface area contributed by atoms with E-state index in [-0.39, 0.29) is 5.39 Å². The van der Waals surface area contributed by atoms with Crippen LogP contribution in [0.15, 0.2) is 128 Å². The summed E-state index contributed by atoms with van der Waals surface area (Å²) < 4.78 is 61.2. The zero-order valence-electron chi connectivity index (χ0n) is 17.3. The van der Waals surface area contributed by atoms with Gasteiger partial charge in [-0.25, -0.2) is 8.57 Å². The molecule has 4 aromatic carbocycles. The molecular formula is C22H16N4O6S2. The van der Waals surface area contributed by atoms with E-state index < -0.39 is 30.0 Å². The minimum atomic E-state index is -4.74. The molecule has 0 amide bonds. The fourth-order valence-corrected chi connectivity index (χ4v) is 5.31. The summed E-state index contributed by atoms with van der Waals surface area (Å²) in [5, 5.41) is 14.4. The molecule has 4 aromatic rings. The summed E-state index contributed by atoms with van der Waals surface area (Å²) in [6.45, 7) is 0. The van der Waals surface area contributed by atoms with Gasteiger partial charge in [-0.2, -0.15) is 16.8 Å². The summed E-state index contributed by atoms with van der Waals surface area (Å²) in [6, 6.07) is 25.3. The zero-order valence-corrected chi connectivity index (χ0v) is 18.9. The zero-order chi connectivity index (χ0) is 24.0. The SMILES string of the molecule is O=S(=O)(O/N=N/c1ccccc1)c1ccc2ccccc2c1S(=O)(=O)O/N=N/c1ccccc1. The number of benzene rings is 4. The number of rotatable bonds is 8. The van der Waals surface area contributed by atoms with E-state index in [0.717, 1.165) is 6.07 Å². The molecule has 0 bridgehead atoms. The van der Waals surface area contributed by atoms with Crippen molar-refractivity contribution in [3.05, 3.63) is 97.1 Å². The third kappa shape index (κ3) is 5.24. The van der Waals surface area contributed by atoms with E-state index in [1.54, 1.807) is 78.9 Å². The van der Waals surface area contributed by atoms with Crippen LogP contribution in [0.3, 0.4) is 0 Å². The molecule has 34 heavy (non-hydrogen) atoms. The second kappa shape index (κ2) is 9.77. The van der Waals surface area contributed by atoms with E-state index in [9.17, 15) is 16.8 Å². The lowest BCUT2D eigenvalue weighted by molar-refractivity contribution is 0.306. The van der Waals surface area contributed by atoms with Crippen molar-refractivity contribution in [3.63, 3.8) is 0 Å². The average Bonchev–Trinajstić information content (AvgIpc) is 2.84. The van der Waals surface area contributed by atoms with Crippen molar-refractivity contribution in [2.75, 3.05) is 0 Å². The Morgan fingerprint density at radius 2 is 1.03 bits per heavy atom. The maximum absolute atomic E-state index is 13.0. The van der Waals surface area contributed by atoms with E-state index in [4.69, 9.17) is 4.28 Å². The van der Waals surface area contributed by atoms with Crippen LogP contribution in [0.5, 0.6) is 0 Å². The Bertz CT molecular complexity index is 1570. The molecule has 0 heterocycles. The van der Waals surface area contributed by atoms with Gasteiger partial charge in [0.2, 0.25) is 0 Å². The van der Waals surface area contributed by atoms with Gasteiger partial charge in [0.25, 0.3) is 0 Å². The predicted molar refractivity (Wildman–Crippen MR) is 122 cm³/mol. The Kier molecular flexibility index (Phi) is 6.61. The molecule has 0 radical (unpaired) electrons. The highest BCUT2D eigenvalue weighted by Gasteiger charge is 2.32. The highest BCUT2D eigenvalue weighted by Crippen LogP contribution is 2.32. The van der Waals surface area contributed by atoms with Gasteiger partial charge in [-0.05, 0) is 35.7 Å². The first-order chi connectivity index (χ1) is 16.4. The molecular weight excluding hydrogens is 480 g/mol. The quantitative estimate of drug-likeness (QED) is 0.228. The number of hydrogen-bond acceptors (Lipinski definition) is 10. The van der Waals surface area contributed by atoms with Crippen LogP contribution in [0.1, 0.15) is 0 Å². The van der Waals surface area contributed by atoms with Gasteiger partial charge in [-0.3, -0.25) is 0 Å². The molecule has 0 saturated heterocycles. The molecule has 10 nitrogen and oxygen atoms in total. The number of hydrogen-bond donors (Lipinski definition) is 0. The van der Waals surface area contributed by atoms with Crippen molar-refractivity contribution in [2.24, 2.45) is 20.8 Å². The van der Waals surface area contributed by atoms with Crippen LogP contribution < -0.4 is 0 Å². The monoisotopic (exact) mass is 496 g/mol. The van der Waals surface area contributed by atoms with Crippen LogP contribution in [-0.4, -0.2) is 16.8 Å². The summed E-state index contributed by atoms with van der Waals surface area (Å²) in [7, 11) is -9.44. The summed E-state index contributed by atoms with van der Waals surface area (Å²) in [6.07, 6.45) is 0. The molecule has 0 aliphatic heterocycles. The molecule has 0 aliphatic carbocycles. The molecule has 0 fully saturated rings. The van der Waals surface area contributed by atoms with Crippen molar-refractivity contribution in [3.8, 4) is 0 Å². The van der Waals surface area contributed by atoms with Gasteiger partial charge in [-0.1, -0.05) is 66.7 Å². The van der Waals surface area contributed by atoms with E-state index in [1.165, 1.54) is 12.1 Å². The van der Waals surface area contributed by atoms with Crippen LogP contribution in [0.4, 0.5) is 11.4 Å². The van der Waals surface area contributed by atoms with E-state index in [1.807, 2.05) is 0 Å². The molecule has 172 valence electrons. The molecule has 0 aromatic heterocycles. The number of nitrogens with zero attached hydrogens (tertiary/aromatic N) is 4. The second-order valence-corrected chi connectivity index (χ2v) is 9.67. The van der Waals surface area contributed by atoms with Gasteiger partial charge in [0, 0.05) is 15.9 Å². The van der Waals surface area contributed by atoms with Crippen molar-refractivity contribution in [1.29, 1.82) is 0 Å². The summed E-state index contributed by atoms with van der Waals surface area (Å²) in [5.74, 6) is 0. The molecule has 0 atom stereocenters. The minimum absolute atomic E-state index is 0.0853. The van der Waals surface area contributed by atoms with Crippen molar-refractivity contribution in [2.45, 2.75) is 9.79 Å². The third-order valence-corrected chi connectivity index (χ3v) is 6.92. The van der Waals surface area contributed by atoms with Crippen LogP contribution in [0.2, 0.25) is 0 Å². The maximum atomic E-state index is 13.0. The Morgan fingerprint density at radius 3 is 1.62 bits per heavy atom. The predicted octanol–water partition coefficient (Wildman–Crippen LogP) is 5.65. The van der Waals surface area contributed by atoms with Crippen LogP contribution in [0.25, 0.3) is 10.8 Å². The average molecular weight is 497 g/mol. The van der Waals surface area contributed by atoms with Gasteiger partial charge < -0.3 is 0 Å². The largest absolute Gasteiger partial charge is 0.362 e. The van der Waals surface area contributed by atoms with Crippen LogP contribution in [-0.2, 0) is 28.8 Å². The normalized spacial score (nSPS) is 12.4. The molecule has 0 N–H and O–H groups in total. The van der Waals surface area contributed by atoms with Crippen molar-refractivity contribution < 1.29 is 25.4 Å². The third-order valence-electron chi connectivity index (χ3n) is 4.45. The van der Waals surface area contributed by atoms with Gasteiger partial charge in [0.05, 0.1) is 11.4 Å². The first kappa shape index (κ1) is 23.0. The van der Waals surface area contributed by atoms with E-state index in [0.29, 0.717) is 16.8 Å². The summed E-state index contributed by atoms with van der Waals surface area (Å²) >= 11 is 0. The first-order valence-corrected chi connectivity index (χ1v) is 12.5. The lowest BCUT2D eigenvalue weighted by Gasteiger charge is -2.10. The highest BCUT2D eigenvalue weighted by molar-refractivity contribution is 7.90. The smallest absolute Gasteiger partial charge is 0.244 e. The standard InChI is InChI=1S/C22H16N4O6S2/c27-33(28,31-25-23-18-10-3-1-4-11-18)21-16-15-17-9-7-8-14-20(17)22(21)34(29,30)32-26-24-19-12-5-2-6-13-19/h1-16H/b25-23+,26-24+. The second-order valence-electron chi connectivity index (χ2n) is 6.71. The summed E-state index contributed by atoms with van der Waals surface area (Å²) in [4.78, 5) is -1.35. The molecule has 0 saturated carbocycles. The van der Waals surface area contributed by atoms with Gasteiger partial charge >= 0.3 is 20.2 Å². The highest BCUT2D eigenvalue weighted by atomic mass is 32.2. The fraction of sp³-hybridized carbons (Fsp3) is 0. The van der Waals surface area contributed by atoms with Crippen LogP contribution in [0, 0.1) is 0 Å². The maximum Gasteiger partial charge on any atom is 0.362 e. The lowest BCUT2D eigenvalue weighted by Crippen LogP contribution is -2.12. The Balaban J connectivity index is 1.73. The van der Waals surface area contributed by atoms with Gasteiger partial charge in [0.1, 0.15) is 9.79 Å². The molecule has 4 rings (SSSR count). The Morgan fingerprint density at radius 1 is 0.529 bits per heavy atom. The number of fused-ring (bicyclic) bond motifs is 1. The van der Waals surface area contributed by atoms with Crippen molar-refractivity contribution >= 4 is 42.4 Å². The molecule has 0 spiro atoms. The first-order valence-electron chi connectivity index (χ1n) is 9.68. The Hall–Kier alpha value is -4.16. The molecule has 12 heteroatoms. The van der Waals surface area contributed by atoms with E-state index >= 15 is 0 Å². The van der Waals surface area contributed by atoms with Gasteiger partial charge in [-0.15, -0.1) is 10.2 Å². The molecule has 0 aliphatic rings. The summed E-state index contributed by atoms with van der Waals surface area (Å²) in [5.41, 5.74) is 0.682. The fourth-order valence-electron chi connectivity index (χ4n) is 2.96.